The highest BCUT2D eigenvalue weighted by Crippen LogP contribution is 2.19. The highest BCUT2D eigenvalue weighted by Gasteiger charge is 2.18. The molecule has 5 nitrogen and oxygen atoms in total. The summed E-state index contributed by atoms with van der Waals surface area (Å²) in [7, 11) is -3.61. The number of sulfonamides is 1. The number of aromatic nitrogens is 1. The van der Waals surface area contributed by atoms with Crippen LogP contribution >= 0.6 is 0 Å². The summed E-state index contributed by atoms with van der Waals surface area (Å²) in [5, 5.41) is 3.15. The van der Waals surface area contributed by atoms with Crippen LogP contribution < -0.4 is 10.0 Å². The van der Waals surface area contributed by atoms with E-state index in [0.717, 1.165) is 17.8 Å². The van der Waals surface area contributed by atoms with Gasteiger partial charge in [-0.05, 0) is 37.2 Å². The van der Waals surface area contributed by atoms with Crippen molar-refractivity contribution in [3.63, 3.8) is 0 Å². The molecule has 1 heterocycles. The van der Waals surface area contributed by atoms with Gasteiger partial charge in [0.05, 0.1) is 10.6 Å². The molecule has 0 aliphatic carbocycles. The number of hydrogen-bond acceptors (Lipinski definition) is 4. The van der Waals surface area contributed by atoms with E-state index in [1.165, 1.54) is 0 Å². The lowest BCUT2D eigenvalue weighted by Crippen LogP contribution is -2.19. The van der Waals surface area contributed by atoms with Crippen LogP contribution in [0, 0.1) is 6.92 Å². The zero-order valence-electron chi connectivity index (χ0n) is 12.1. The molecule has 0 saturated carbocycles. The lowest BCUT2D eigenvalue weighted by molar-refractivity contribution is 0.598. The van der Waals surface area contributed by atoms with E-state index < -0.39 is 10.0 Å². The molecule has 0 aliphatic heterocycles. The Morgan fingerprint density at radius 3 is 2.67 bits per heavy atom. The molecule has 0 aliphatic rings. The van der Waals surface area contributed by atoms with Crippen molar-refractivity contribution in [2.24, 2.45) is 0 Å². The van der Waals surface area contributed by atoms with Gasteiger partial charge in [-0.25, -0.2) is 8.42 Å². The maximum absolute atomic E-state index is 12.5. The summed E-state index contributed by atoms with van der Waals surface area (Å²) in [5.41, 5.74) is 2.02. The van der Waals surface area contributed by atoms with Gasteiger partial charge in [0, 0.05) is 18.4 Å². The van der Waals surface area contributed by atoms with E-state index in [9.17, 15) is 8.42 Å². The van der Waals surface area contributed by atoms with Crippen LogP contribution in [0.25, 0.3) is 0 Å². The van der Waals surface area contributed by atoms with E-state index in [-0.39, 0.29) is 0 Å². The Kier molecular flexibility index (Phi) is 4.93. The van der Waals surface area contributed by atoms with Gasteiger partial charge < -0.3 is 5.32 Å². The molecule has 1 aromatic heterocycles. The molecule has 0 amide bonds. The molecule has 112 valence electrons. The molecule has 0 fully saturated rings. The summed E-state index contributed by atoms with van der Waals surface area (Å²) in [4.78, 5) is 4.35. The highest BCUT2D eigenvalue weighted by atomic mass is 32.2. The van der Waals surface area contributed by atoms with Gasteiger partial charge in [0.1, 0.15) is 0 Å². The number of hydrogen-bond donors (Lipinski definition) is 2. The average molecular weight is 305 g/mol. The van der Waals surface area contributed by atoms with Gasteiger partial charge in [0.25, 0.3) is 10.0 Å². The van der Waals surface area contributed by atoms with E-state index in [4.69, 9.17) is 0 Å². The molecular weight excluding hydrogens is 286 g/mol. The quantitative estimate of drug-likeness (QED) is 0.859. The van der Waals surface area contributed by atoms with E-state index >= 15 is 0 Å². The van der Waals surface area contributed by atoms with Crippen molar-refractivity contribution in [3.8, 4) is 0 Å². The van der Waals surface area contributed by atoms with Crippen molar-refractivity contribution in [2.45, 2.75) is 25.3 Å². The van der Waals surface area contributed by atoms with Crippen molar-refractivity contribution in [1.82, 2.24) is 10.3 Å². The van der Waals surface area contributed by atoms with Crippen LogP contribution in [-0.4, -0.2) is 19.9 Å². The van der Waals surface area contributed by atoms with Crippen LogP contribution in [0.5, 0.6) is 0 Å². The predicted octanol–water partition coefficient (Wildman–Crippen LogP) is 2.30. The number of rotatable bonds is 6. The fourth-order valence-corrected chi connectivity index (χ4v) is 3.28. The van der Waals surface area contributed by atoms with Crippen molar-refractivity contribution in [2.75, 3.05) is 11.3 Å². The monoisotopic (exact) mass is 305 g/mol. The SMILES string of the molecule is CCNCc1ccccc1S(=O)(=O)Nc1ccnc(C)c1. The van der Waals surface area contributed by atoms with E-state index in [1.807, 2.05) is 26.0 Å². The van der Waals surface area contributed by atoms with Gasteiger partial charge >= 0.3 is 0 Å². The number of pyridine rings is 1. The third-order valence-electron chi connectivity index (χ3n) is 2.98. The second-order valence-corrected chi connectivity index (χ2v) is 6.33. The van der Waals surface area contributed by atoms with E-state index in [0.29, 0.717) is 17.1 Å². The largest absolute Gasteiger partial charge is 0.313 e. The summed E-state index contributed by atoms with van der Waals surface area (Å²) in [6, 6.07) is 10.3. The van der Waals surface area contributed by atoms with Gasteiger partial charge in [-0.2, -0.15) is 0 Å². The van der Waals surface area contributed by atoms with Crippen LogP contribution in [0.4, 0.5) is 5.69 Å². The van der Waals surface area contributed by atoms with Crippen molar-refractivity contribution >= 4 is 15.7 Å². The van der Waals surface area contributed by atoms with Crippen LogP contribution in [0.3, 0.4) is 0 Å². The zero-order valence-corrected chi connectivity index (χ0v) is 12.9. The molecule has 21 heavy (non-hydrogen) atoms. The van der Waals surface area contributed by atoms with E-state index in [1.54, 1.807) is 30.5 Å². The zero-order chi connectivity index (χ0) is 15.3. The summed E-state index contributed by atoms with van der Waals surface area (Å²) >= 11 is 0. The Morgan fingerprint density at radius 2 is 1.95 bits per heavy atom. The fraction of sp³-hybridized carbons (Fsp3) is 0.267. The number of nitrogens with one attached hydrogen (secondary N) is 2. The molecule has 0 atom stereocenters. The van der Waals surface area contributed by atoms with Crippen LogP contribution in [-0.2, 0) is 16.6 Å². The second kappa shape index (κ2) is 6.69. The lowest BCUT2D eigenvalue weighted by atomic mass is 10.2. The number of anilines is 1. The van der Waals surface area contributed by atoms with E-state index in [2.05, 4.69) is 15.0 Å². The third-order valence-corrected chi connectivity index (χ3v) is 4.46. The average Bonchev–Trinajstić information content (AvgIpc) is 2.45. The topological polar surface area (TPSA) is 71.1 Å². The Bertz CT molecular complexity index is 714. The summed E-state index contributed by atoms with van der Waals surface area (Å²) < 4.78 is 27.7. The molecular formula is C15H19N3O2S. The first-order chi connectivity index (χ1) is 10.0. The maximum atomic E-state index is 12.5. The van der Waals surface area contributed by atoms with Gasteiger partial charge in [-0.1, -0.05) is 25.1 Å². The molecule has 0 saturated heterocycles. The predicted molar refractivity (Wildman–Crippen MR) is 83.6 cm³/mol. The maximum Gasteiger partial charge on any atom is 0.262 e. The Labute approximate surface area is 125 Å². The molecule has 1 aromatic carbocycles. The van der Waals surface area contributed by atoms with Crippen molar-refractivity contribution in [3.05, 3.63) is 53.9 Å². The first kappa shape index (κ1) is 15.5. The molecule has 0 spiro atoms. The lowest BCUT2D eigenvalue weighted by Gasteiger charge is -2.12. The minimum atomic E-state index is -3.61. The Morgan fingerprint density at radius 1 is 1.19 bits per heavy atom. The molecule has 6 heteroatoms. The van der Waals surface area contributed by atoms with Gasteiger partial charge in [0.2, 0.25) is 0 Å². The molecule has 0 radical (unpaired) electrons. The first-order valence-corrected chi connectivity index (χ1v) is 8.25. The first-order valence-electron chi connectivity index (χ1n) is 6.77. The molecule has 2 N–H and O–H groups in total. The third kappa shape index (κ3) is 4.03. The van der Waals surface area contributed by atoms with Gasteiger partial charge in [-0.15, -0.1) is 0 Å². The van der Waals surface area contributed by atoms with Crippen molar-refractivity contribution in [1.29, 1.82) is 0 Å². The summed E-state index contributed by atoms with van der Waals surface area (Å²) in [6.45, 7) is 5.10. The normalized spacial score (nSPS) is 11.3. The molecule has 0 bridgehead atoms. The number of nitrogens with zero attached hydrogens (tertiary/aromatic N) is 1. The van der Waals surface area contributed by atoms with Gasteiger partial charge in [-0.3, -0.25) is 9.71 Å². The molecule has 0 unspecified atom stereocenters. The van der Waals surface area contributed by atoms with Gasteiger partial charge in [0.15, 0.2) is 0 Å². The molecule has 2 rings (SSSR count). The van der Waals surface area contributed by atoms with Crippen LogP contribution in [0.1, 0.15) is 18.2 Å². The Hall–Kier alpha value is -1.92. The van der Waals surface area contributed by atoms with Crippen LogP contribution in [0.15, 0.2) is 47.5 Å². The highest BCUT2D eigenvalue weighted by molar-refractivity contribution is 7.92. The summed E-state index contributed by atoms with van der Waals surface area (Å²) in [6.07, 6.45) is 1.58. The number of benzene rings is 1. The fourth-order valence-electron chi connectivity index (χ4n) is 1.99. The minimum Gasteiger partial charge on any atom is -0.313 e. The smallest absolute Gasteiger partial charge is 0.262 e. The minimum absolute atomic E-state index is 0.292. The molecule has 2 aromatic rings. The van der Waals surface area contributed by atoms with Crippen molar-refractivity contribution < 1.29 is 8.42 Å². The van der Waals surface area contributed by atoms with Crippen LogP contribution in [0.2, 0.25) is 0 Å². The Balaban J connectivity index is 2.31. The number of aryl methyl sites for hydroxylation is 1. The second-order valence-electron chi connectivity index (χ2n) is 4.68. The standard InChI is InChI=1S/C15H19N3O2S/c1-3-16-11-13-6-4-5-7-15(13)21(19,20)18-14-8-9-17-12(2)10-14/h4-10,16H,3,11H2,1-2H3,(H,17,18). The summed E-state index contributed by atoms with van der Waals surface area (Å²) in [5.74, 6) is 0.